The fourth-order valence-corrected chi connectivity index (χ4v) is 2.04. The number of hydrazone groups is 1. The average Bonchev–Trinajstić information content (AvgIpc) is 2.99. The van der Waals surface area contributed by atoms with Gasteiger partial charge >= 0.3 is 0 Å². The highest BCUT2D eigenvalue weighted by Gasteiger charge is 2.04. The second-order valence-corrected chi connectivity index (χ2v) is 4.28. The number of aliphatic imine (C=N–C) groups is 1. The summed E-state index contributed by atoms with van der Waals surface area (Å²) in [5.74, 6) is 1.19. The van der Waals surface area contributed by atoms with Crippen LogP contribution in [-0.4, -0.2) is 28.7 Å². The molecule has 1 aliphatic heterocycles. The predicted molar refractivity (Wildman–Crippen MR) is 72.2 cm³/mol. The Hall–Kier alpha value is -2.30. The molecule has 1 aromatic heterocycles. The van der Waals surface area contributed by atoms with Crippen molar-refractivity contribution in [1.29, 1.82) is 0 Å². The zero-order valence-corrected chi connectivity index (χ0v) is 9.85. The highest BCUT2D eigenvalue weighted by molar-refractivity contribution is 5.99. The Kier molecular flexibility index (Phi) is 2.72. The van der Waals surface area contributed by atoms with Gasteiger partial charge in [-0.2, -0.15) is 5.10 Å². The molecule has 3 N–H and O–H groups in total. The number of nitrogens with zero attached hydrogens (tertiary/aromatic N) is 2. The molecular weight excluding hydrogens is 228 g/mol. The van der Waals surface area contributed by atoms with Gasteiger partial charge < -0.3 is 10.1 Å². The Bertz CT molecular complexity index is 627. The van der Waals surface area contributed by atoms with E-state index >= 15 is 0 Å². The van der Waals surface area contributed by atoms with E-state index in [4.69, 9.17) is 0 Å². The summed E-state index contributed by atoms with van der Waals surface area (Å²) in [5.41, 5.74) is 4.86. The van der Waals surface area contributed by atoms with E-state index in [1.165, 1.54) is 0 Å². The third-order valence-electron chi connectivity index (χ3n) is 2.97. The van der Waals surface area contributed by atoms with E-state index in [-0.39, 0.29) is 5.75 Å². The number of nitrogens with one attached hydrogen (secondary N) is 2. The Morgan fingerprint density at radius 1 is 1.44 bits per heavy atom. The third-order valence-corrected chi connectivity index (χ3v) is 2.97. The number of hydrogen-bond acceptors (Lipinski definition) is 4. The van der Waals surface area contributed by atoms with Gasteiger partial charge in [0.15, 0.2) is 0 Å². The number of aromatic nitrogens is 1. The molecule has 0 saturated carbocycles. The molecule has 18 heavy (non-hydrogen) atoms. The van der Waals surface area contributed by atoms with Crippen LogP contribution in [0.2, 0.25) is 0 Å². The van der Waals surface area contributed by atoms with Crippen LogP contribution in [0.4, 0.5) is 0 Å². The van der Waals surface area contributed by atoms with Crippen molar-refractivity contribution in [3.63, 3.8) is 0 Å². The van der Waals surface area contributed by atoms with Crippen LogP contribution in [0.1, 0.15) is 18.4 Å². The largest absolute Gasteiger partial charge is 0.508 e. The zero-order valence-electron chi connectivity index (χ0n) is 9.85. The lowest BCUT2D eigenvalue weighted by Crippen LogP contribution is -2.14. The molecule has 0 unspecified atom stereocenters. The fourth-order valence-electron chi connectivity index (χ4n) is 2.04. The van der Waals surface area contributed by atoms with Gasteiger partial charge in [0.25, 0.3) is 0 Å². The molecule has 0 saturated heterocycles. The normalized spacial score (nSPS) is 15.4. The van der Waals surface area contributed by atoms with E-state index in [0.29, 0.717) is 0 Å². The molecule has 0 spiro atoms. The van der Waals surface area contributed by atoms with Crippen LogP contribution < -0.4 is 5.43 Å². The lowest BCUT2D eigenvalue weighted by Gasteiger charge is -1.97. The average molecular weight is 242 g/mol. The second kappa shape index (κ2) is 4.52. The lowest BCUT2D eigenvalue weighted by atomic mass is 10.2. The number of phenols is 1. The van der Waals surface area contributed by atoms with E-state index in [2.05, 4.69) is 20.5 Å². The number of rotatable bonds is 2. The molecule has 1 aromatic carbocycles. The minimum Gasteiger partial charge on any atom is -0.508 e. The monoisotopic (exact) mass is 242 g/mol. The Morgan fingerprint density at radius 2 is 2.39 bits per heavy atom. The van der Waals surface area contributed by atoms with Gasteiger partial charge in [-0.15, -0.1) is 0 Å². The minimum absolute atomic E-state index is 0.255. The van der Waals surface area contributed by atoms with Gasteiger partial charge in [-0.1, -0.05) is 0 Å². The molecule has 1 aliphatic rings. The van der Waals surface area contributed by atoms with Crippen molar-refractivity contribution >= 4 is 23.0 Å². The summed E-state index contributed by atoms with van der Waals surface area (Å²) in [6.45, 7) is 0.888. The first-order valence-corrected chi connectivity index (χ1v) is 5.95. The molecule has 0 atom stereocenters. The van der Waals surface area contributed by atoms with Gasteiger partial charge in [-0.3, -0.25) is 10.4 Å². The van der Waals surface area contributed by atoms with E-state index in [1.54, 1.807) is 18.3 Å². The van der Waals surface area contributed by atoms with E-state index in [9.17, 15) is 5.11 Å². The van der Waals surface area contributed by atoms with Crippen molar-refractivity contribution in [2.75, 3.05) is 6.54 Å². The second-order valence-electron chi connectivity index (χ2n) is 4.28. The molecule has 92 valence electrons. The van der Waals surface area contributed by atoms with Gasteiger partial charge in [0.1, 0.15) is 11.6 Å². The number of benzene rings is 1. The molecule has 0 bridgehead atoms. The number of H-pyrrole nitrogens is 1. The van der Waals surface area contributed by atoms with Crippen molar-refractivity contribution in [1.82, 2.24) is 10.4 Å². The summed E-state index contributed by atoms with van der Waals surface area (Å²) in [6.07, 6.45) is 5.66. The molecule has 0 aliphatic carbocycles. The highest BCUT2D eigenvalue weighted by atomic mass is 16.3. The van der Waals surface area contributed by atoms with Crippen LogP contribution in [0.5, 0.6) is 5.75 Å². The molecule has 0 radical (unpaired) electrons. The standard InChI is InChI=1S/C13H14N4O/c18-10-3-4-12-11(6-10)9(7-15-12)8-16-17-13-2-1-5-14-13/h3-4,6-8,15,18H,1-2,5H2,(H,14,17)/b16-8+. The first kappa shape index (κ1) is 10.8. The summed E-state index contributed by atoms with van der Waals surface area (Å²) in [4.78, 5) is 7.41. The molecular formula is C13H14N4O. The minimum atomic E-state index is 0.255. The predicted octanol–water partition coefficient (Wildman–Crippen LogP) is 1.99. The molecule has 0 amide bonds. The molecule has 5 nitrogen and oxygen atoms in total. The van der Waals surface area contributed by atoms with Crippen LogP contribution in [0.15, 0.2) is 34.5 Å². The molecule has 2 aromatic rings. The summed E-state index contributed by atoms with van der Waals surface area (Å²) in [6, 6.07) is 5.22. The maximum absolute atomic E-state index is 9.48. The molecule has 2 heterocycles. The zero-order chi connectivity index (χ0) is 12.4. The smallest absolute Gasteiger partial charge is 0.117 e. The van der Waals surface area contributed by atoms with Gasteiger partial charge in [0.05, 0.1) is 6.21 Å². The van der Waals surface area contributed by atoms with Crippen LogP contribution in [0, 0.1) is 0 Å². The van der Waals surface area contributed by atoms with Gasteiger partial charge in [-0.25, -0.2) is 0 Å². The summed E-state index contributed by atoms with van der Waals surface area (Å²) in [5, 5.41) is 14.6. The number of phenolic OH excluding ortho intramolecular Hbond substituents is 1. The number of amidine groups is 1. The molecule has 5 heteroatoms. The van der Waals surface area contributed by atoms with Gasteiger partial charge in [0.2, 0.25) is 0 Å². The van der Waals surface area contributed by atoms with Crippen LogP contribution in [0.3, 0.4) is 0 Å². The quantitative estimate of drug-likeness (QED) is 0.556. The third kappa shape index (κ3) is 2.07. The van der Waals surface area contributed by atoms with Crippen molar-refractivity contribution in [2.45, 2.75) is 12.8 Å². The topological polar surface area (TPSA) is 72.8 Å². The molecule has 3 rings (SSSR count). The number of fused-ring (bicyclic) bond motifs is 1. The van der Waals surface area contributed by atoms with Gasteiger partial charge in [-0.05, 0) is 24.6 Å². The fraction of sp³-hybridized carbons (Fsp3) is 0.231. The molecule has 0 fully saturated rings. The van der Waals surface area contributed by atoms with E-state index in [0.717, 1.165) is 41.7 Å². The Morgan fingerprint density at radius 3 is 3.22 bits per heavy atom. The van der Waals surface area contributed by atoms with Crippen molar-refractivity contribution in [3.8, 4) is 5.75 Å². The highest BCUT2D eigenvalue weighted by Crippen LogP contribution is 2.21. The lowest BCUT2D eigenvalue weighted by molar-refractivity contribution is 0.476. The Labute approximate surface area is 104 Å². The van der Waals surface area contributed by atoms with Gasteiger partial charge in [0, 0.05) is 35.6 Å². The van der Waals surface area contributed by atoms with Crippen molar-refractivity contribution in [2.24, 2.45) is 10.1 Å². The Balaban J connectivity index is 1.81. The first-order valence-electron chi connectivity index (χ1n) is 5.95. The number of hydrogen-bond donors (Lipinski definition) is 3. The van der Waals surface area contributed by atoms with E-state index in [1.807, 2.05) is 12.3 Å². The SMILES string of the molecule is Oc1ccc2[nH]cc(/C=N/NC3=NCCC3)c2c1. The maximum Gasteiger partial charge on any atom is 0.117 e. The first-order chi connectivity index (χ1) is 8.83. The van der Waals surface area contributed by atoms with Crippen molar-refractivity contribution < 1.29 is 5.11 Å². The van der Waals surface area contributed by atoms with Crippen molar-refractivity contribution in [3.05, 3.63) is 30.0 Å². The summed E-state index contributed by atoms with van der Waals surface area (Å²) >= 11 is 0. The van der Waals surface area contributed by atoms with E-state index < -0.39 is 0 Å². The summed E-state index contributed by atoms with van der Waals surface area (Å²) < 4.78 is 0. The summed E-state index contributed by atoms with van der Waals surface area (Å²) in [7, 11) is 0. The number of aromatic hydroxyl groups is 1. The van der Waals surface area contributed by atoms with Crippen LogP contribution in [-0.2, 0) is 0 Å². The van der Waals surface area contributed by atoms with Crippen LogP contribution in [0.25, 0.3) is 10.9 Å². The number of aromatic amines is 1. The van der Waals surface area contributed by atoms with Crippen LogP contribution >= 0.6 is 0 Å². The maximum atomic E-state index is 9.48.